The first kappa shape index (κ1) is 13.3. The highest BCUT2D eigenvalue weighted by atomic mass is 19.1. The fourth-order valence-electron chi connectivity index (χ4n) is 2.19. The van der Waals surface area contributed by atoms with E-state index < -0.39 is 5.82 Å². The SMILES string of the molecule is O=C(NCc1ccccc1F)c1c[nH]c2ccc(F)cc12. The molecule has 1 aromatic heterocycles. The Bertz CT molecular complexity index is 811. The van der Waals surface area contributed by atoms with Crippen LogP contribution in [-0.4, -0.2) is 10.9 Å². The number of fused-ring (bicyclic) bond motifs is 1. The zero-order chi connectivity index (χ0) is 14.8. The van der Waals surface area contributed by atoms with Gasteiger partial charge in [0.2, 0.25) is 0 Å². The summed E-state index contributed by atoms with van der Waals surface area (Å²) in [5, 5.41) is 3.13. The first-order valence-electron chi connectivity index (χ1n) is 6.43. The van der Waals surface area contributed by atoms with E-state index in [1.54, 1.807) is 24.3 Å². The van der Waals surface area contributed by atoms with Gasteiger partial charge in [0.1, 0.15) is 11.6 Å². The highest BCUT2D eigenvalue weighted by molar-refractivity contribution is 6.06. The number of amides is 1. The average Bonchev–Trinajstić information content (AvgIpc) is 2.89. The summed E-state index contributed by atoms with van der Waals surface area (Å²) in [6, 6.07) is 10.4. The van der Waals surface area contributed by atoms with Crippen LogP contribution in [0.15, 0.2) is 48.7 Å². The van der Waals surface area contributed by atoms with Gasteiger partial charge in [-0.05, 0) is 24.3 Å². The van der Waals surface area contributed by atoms with Crippen molar-refractivity contribution in [1.82, 2.24) is 10.3 Å². The minimum absolute atomic E-state index is 0.0769. The Morgan fingerprint density at radius 2 is 1.95 bits per heavy atom. The predicted octanol–water partition coefficient (Wildman–Crippen LogP) is 3.38. The van der Waals surface area contributed by atoms with Gasteiger partial charge < -0.3 is 10.3 Å². The third kappa shape index (κ3) is 2.63. The van der Waals surface area contributed by atoms with Gasteiger partial charge in [0, 0.05) is 29.2 Å². The minimum atomic E-state index is -0.412. The summed E-state index contributed by atoms with van der Waals surface area (Å²) in [6.45, 7) is 0.0769. The van der Waals surface area contributed by atoms with Crippen molar-refractivity contribution in [3.63, 3.8) is 0 Å². The van der Waals surface area contributed by atoms with Crippen molar-refractivity contribution in [1.29, 1.82) is 0 Å². The molecule has 0 aliphatic rings. The number of nitrogens with one attached hydrogen (secondary N) is 2. The zero-order valence-corrected chi connectivity index (χ0v) is 11.0. The second-order valence-electron chi connectivity index (χ2n) is 4.67. The molecule has 3 aromatic rings. The van der Waals surface area contributed by atoms with Crippen molar-refractivity contribution in [3.8, 4) is 0 Å². The molecule has 0 saturated carbocycles. The molecule has 106 valence electrons. The van der Waals surface area contributed by atoms with Crippen LogP contribution in [0.4, 0.5) is 8.78 Å². The topological polar surface area (TPSA) is 44.9 Å². The molecular formula is C16H12F2N2O. The van der Waals surface area contributed by atoms with E-state index in [2.05, 4.69) is 10.3 Å². The Morgan fingerprint density at radius 1 is 1.14 bits per heavy atom. The number of aromatic amines is 1. The van der Waals surface area contributed by atoms with Gasteiger partial charge in [0.15, 0.2) is 0 Å². The van der Waals surface area contributed by atoms with Gasteiger partial charge >= 0.3 is 0 Å². The maximum absolute atomic E-state index is 13.5. The van der Waals surface area contributed by atoms with E-state index in [9.17, 15) is 13.6 Å². The molecule has 0 aliphatic carbocycles. The van der Waals surface area contributed by atoms with E-state index in [-0.39, 0.29) is 18.3 Å². The quantitative estimate of drug-likeness (QED) is 0.761. The van der Waals surface area contributed by atoms with Gasteiger partial charge in [0.25, 0.3) is 5.91 Å². The van der Waals surface area contributed by atoms with E-state index >= 15 is 0 Å². The monoisotopic (exact) mass is 286 g/mol. The molecule has 0 aliphatic heterocycles. The summed E-state index contributed by atoms with van der Waals surface area (Å²) in [7, 11) is 0. The third-order valence-electron chi connectivity index (χ3n) is 3.29. The summed E-state index contributed by atoms with van der Waals surface area (Å²) in [5.41, 5.74) is 1.41. The second-order valence-corrected chi connectivity index (χ2v) is 4.67. The average molecular weight is 286 g/mol. The summed E-state index contributed by atoms with van der Waals surface area (Å²) in [6.07, 6.45) is 1.51. The number of benzene rings is 2. The van der Waals surface area contributed by atoms with Gasteiger partial charge in [-0.15, -0.1) is 0 Å². The molecule has 2 N–H and O–H groups in total. The number of aromatic nitrogens is 1. The normalized spacial score (nSPS) is 10.8. The molecule has 0 fully saturated rings. The summed E-state index contributed by atoms with van der Waals surface area (Å²) < 4.78 is 26.7. The van der Waals surface area contributed by atoms with E-state index in [1.165, 1.54) is 24.4 Å². The lowest BCUT2D eigenvalue weighted by Crippen LogP contribution is -2.23. The molecule has 0 spiro atoms. The van der Waals surface area contributed by atoms with Crippen LogP contribution in [-0.2, 0) is 6.54 Å². The van der Waals surface area contributed by atoms with E-state index in [0.29, 0.717) is 22.0 Å². The summed E-state index contributed by atoms with van der Waals surface area (Å²) in [5.74, 6) is -1.16. The maximum atomic E-state index is 13.5. The van der Waals surface area contributed by atoms with Gasteiger partial charge in [-0.2, -0.15) is 0 Å². The van der Waals surface area contributed by atoms with Gasteiger partial charge in [-0.25, -0.2) is 8.78 Å². The summed E-state index contributed by atoms with van der Waals surface area (Å²) in [4.78, 5) is 15.0. The summed E-state index contributed by atoms with van der Waals surface area (Å²) >= 11 is 0. The van der Waals surface area contributed by atoms with E-state index in [0.717, 1.165) is 0 Å². The van der Waals surface area contributed by atoms with Gasteiger partial charge in [0.05, 0.1) is 5.56 Å². The molecule has 1 heterocycles. The van der Waals surface area contributed by atoms with Crippen LogP contribution in [0.5, 0.6) is 0 Å². The Kier molecular flexibility index (Phi) is 3.39. The number of hydrogen-bond acceptors (Lipinski definition) is 1. The number of H-pyrrole nitrogens is 1. The van der Waals surface area contributed by atoms with Crippen molar-refractivity contribution in [3.05, 3.63) is 71.4 Å². The Morgan fingerprint density at radius 3 is 2.76 bits per heavy atom. The van der Waals surface area contributed by atoms with E-state index in [1.807, 2.05) is 0 Å². The third-order valence-corrected chi connectivity index (χ3v) is 3.29. The van der Waals surface area contributed by atoms with Crippen molar-refractivity contribution in [2.75, 3.05) is 0 Å². The Hall–Kier alpha value is -2.69. The van der Waals surface area contributed by atoms with Crippen molar-refractivity contribution in [2.24, 2.45) is 0 Å². The van der Waals surface area contributed by atoms with Crippen LogP contribution in [0.25, 0.3) is 10.9 Å². The van der Waals surface area contributed by atoms with E-state index in [4.69, 9.17) is 0 Å². The molecule has 0 unspecified atom stereocenters. The van der Waals surface area contributed by atoms with Crippen LogP contribution in [0.3, 0.4) is 0 Å². The largest absolute Gasteiger partial charge is 0.360 e. The van der Waals surface area contributed by atoms with Gasteiger partial charge in [-0.1, -0.05) is 18.2 Å². The lowest BCUT2D eigenvalue weighted by Gasteiger charge is -2.05. The van der Waals surface area contributed by atoms with Crippen LogP contribution in [0, 0.1) is 11.6 Å². The number of hydrogen-bond donors (Lipinski definition) is 2. The predicted molar refractivity (Wildman–Crippen MR) is 75.8 cm³/mol. The Balaban J connectivity index is 1.81. The van der Waals surface area contributed by atoms with Crippen molar-refractivity contribution < 1.29 is 13.6 Å². The smallest absolute Gasteiger partial charge is 0.253 e. The highest BCUT2D eigenvalue weighted by Gasteiger charge is 2.13. The molecule has 0 radical (unpaired) electrons. The Labute approximate surface area is 119 Å². The fourth-order valence-corrected chi connectivity index (χ4v) is 2.19. The maximum Gasteiger partial charge on any atom is 0.253 e. The molecule has 5 heteroatoms. The molecule has 0 atom stereocenters. The number of rotatable bonds is 3. The fraction of sp³-hybridized carbons (Fsp3) is 0.0625. The second kappa shape index (κ2) is 5.36. The molecule has 0 saturated heterocycles. The minimum Gasteiger partial charge on any atom is -0.360 e. The first-order valence-corrected chi connectivity index (χ1v) is 6.43. The van der Waals surface area contributed by atoms with Crippen LogP contribution >= 0.6 is 0 Å². The van der Waals surface area contributed by atoms with Crippen molar-refractivity contribution in [2.45, 2.75) is 6.54 Å². The first-order chi connectivity index (χ1) is 10.1. The van der Waals surface area contributed by atoms with Crippen LogP contribution in [0.2, 0.25) is 0 Å². The molecule has 1 amide bonds. The molecule has 21 heavy (non-hydrogen) atoms. The lowest BCUT2D eigenvalue weighted by atomic mass is 10.1. The van der Waals surface area contributed by atoms with Crippen LogP contribution in [0.1, 0.15) is 15.9 Å². The number of halogens is 2. The van der Waals surface area contributed by atoms with Crippen molar-refractivity contribution >= 4 is 16.8 Å². The standard InChI is InChI=1S/C16H12F2N2O/c17-11-5-6-15-12(7-11)13(9-19-15)16(21)20-8-10-3-1-2-4-14(10)18/h1-7,9,19H,8H2,(H,20,21). The van der Waals surface area contributed by atoms with Gasteiger partial charge in [-0.3, -0.25) is 4.79 Å². The molecule has 3 rings (SSSR count). The molecule has 0 bridgehead atoms. The molecule has 2 aromatic carbocycles. The highest BCUT2D eigenvalue weighted by Crippen LogP contribution is 2.19. The van der Waals surface area contributed by atoms with Crippen LogP contribution < -0.4 is 5.32 Å². The zero-order valence-electron chi connectivity index (χ0n) is 11.0. The lowest BCUT2D eigenvalue weighted by molar-refractivity contribution is 0.0952. The number of carbonyl (C=O) groups excluding carboxylic acids is 1. The molecule has 3 nitrogen and oxygen atoms in total. The number of carbonyl (C=O) groups is 1. The molecular weight excluding hydrogens is 274 g/mol.